The van der Waals surface area contributed by atoms with E-state index in [1.807, 2.05) is 80.7 Å². The number of ether oxygens (including phenoxy) is 1. The first kappa shape index (κ1) is 32.1. The Balaban J connectivity index is 0.000000181. The quantitative estimate of drug-likeness (QED) is 0.131. The number of aromatic hydroxyl groups is 1. The highest BCUT2D eigenvalue weighted by Crippen LogP contribution is 2.29. The summed E-state index contributed by atoms with van der Waals surface area (Å²) in [5.74, 6) is 0.216. The predicted octanol–water partition coefficient (Wildman–Crippen LogP) is 5.26. The van der Waals surface area contributed by atoms with Gasteiger partial charge in [-0.3, -0.25) is 30.2 Å². The number of hydrogen-bond donors (Lipinski definition) is 4. The van der Waals surface area contributed by atoms with E-state index >= 15 is 0 Å². The summed E-state index contributed by atoms with van der Waals surface area (Å²) < 4.78 is 5.66. The number of fused-ring (bicyclic) bond motifs is 1. The molecule has 13 heteroatoms. The molecule has 13 nitrogen and oxygen atoms in total. The average molecular weight is 589 g/mol. The van der Waals surface area contributed by atoms with Gasteiger partial charge < -0.3 is 25.3 Å². The largest absolute Gasteiger partial charge is 0.502 e. The molecule has 1 unspecified atom stereocenters. The highest BCUT2D eigenvalue weighted by molar-refractivity contribution is 5.85. The summed E-state index contributed by atoms with van der Waals surface area (Å²) in [4.78, 5) is 30.3. The average Bonchev–Trinajstić information content (AvgIpc) is 3.50. The smallest absolute Gasteiger partial charge is 0.317 e. The van der Waals surface area contributed by atoms with Gasteiger partial charge in [-0.05, 0) is 48.5 Å². The third kappa shape index (κ3) is 10.2. The fourth-order valence-corrected chi connectivity index (χ4v) is 3.60. The molecule has 5 rings (SSSR count). The summed E-state index contributed by atoms with van der Waals surface area (Å²) in [5.41, 5.74) is 1.78. The minimum absolute atomic E-state index is 0.296. The van der Waals surface area contributed by atoms with Crippen molar-refractivity contribution in [1.29, 1.82) is 0 Å². The van der Waals surface area contributed by atoms with Crippen LogP contribution in [0.4, 0.5) is 11.4 Å². The summed E-state index contributed by atoms with van der Waals surface area (Å²) in [7, 11) is 0. The molecule has 0 saturated carbocycles. The molecule has 0 bridgehead atoms. The summed E-state index contributed by atoms with van der Waals surface area (Å²) >= 11 is 0. The van der Waals surface area contributed by atoms with Crippen LogP contribution in [0.5, 0.6) is 11.5 Å². The Morgan fingerprint density at radius 2 is 1.58 bits per heavy atom. The van der Waals surface area contributed by atoms with Crippen LogP contribution >= 0.6 is 0 Å². The van der Waals surface area contributed by atoms with Crippen LogP contribution in [0.1, 0.15) is 13.8 Å². The molecule has 0 radical (unpaired) electrons. The van der Waals surface area contributed by atoms with Gasteiger partial charge in [-0.15, -0.1) is 0 Å². The van der Waals surface area contributed by atoms with Gasteiger partial charge in [0, 0.05) is 48.1 Å². The lowest BCUT2D eigenvalue weighted by Crippen LogP contribution is -2.35. The highest BCUT2D eigenvalue weighted by atomic mass is 16.6. The van der Waals surface area contributed by atoms with Gasteiger partial charge in [-0.1, -0.05) is 32.0 Å². The normalized spacial score (nSPS) is 11.1. The lowest BCUT2D eigenvalue weighted by molar-refractivity contribution is -0.394. The number of phenols is 1. The van der Waals surface area contributed by atoms with Gasteiger partial charge in [0.15, 0.2) is 5.75 Å². The van der Waals surface area contributed by atoms with E-state index in [0.717, 1.165) is 40.2 Å². The molecule has 0 aliphatic carbocycles. The second-order valence-electron chi connectivity index (χ2n) is 9.34. The fourth-order valence-electron chi connectivity index (χ4n) is 3.60. The molecule has 3 aromatic heterocycles. The Hall–Kier alpha value is -5.40. The first-order valence-corrected chi connectivity index (χ1v) is 13.2. The minimum Gasteiger partial charge on any atom is -0.502 e. The Labute approximate surface area is 247 Å². The topological polar surface area (TPSA) is 190 Å². The molecule has 0 aliphatic rings. The lowest BCUT2D eigenvalue weighted by Gasteiger charge is -2.15. The van der Waals surface area contributed by atoms with Crippen LogP contribution in [0, 0.1) is 20.2 Å². The third-order valence-corrected chi connectivity index (χ3v) is 5.71. The van der Waals surface area contributed by atoms with Crippen molar-refractivity contribution in [2.24, 2.45) is 0 Å². The Bertz CT molecular complexity index is 1560. The van der Waals surface area contributed by atoms with Crippen LogP contribution in [-0.2, 0) is 0 Å². The van der Waals surface area contributed by atoms with Gasteiger partial charge in [0.2, 0.25) is 0 Å². The molecular formula is C30H32N6O7. The van der Waals surface area contributed by atoms with Crippen molar-refractivity contribution in [3.8, 4) is 22.9 Å². The summed E-state index contributed by atoms with van der Waals surface area (Å²) in [6.45, 7) is 4.94. The van der Waals surface area contributed by atoms with Crippen molar-refractivity contribution in [2.45, 2.75) is 26.0 Å². The maximum atomic E-state index is 10.2. The van der Waals surface area contributed by atoms with Crippen molar-refractivity contribution in [1.82, 2.24) is 20.3 Å². The Kier molecular flexibility index (Phi) is 12.1. The van der Waals surface area contributed by atoms with Gasteiger partial charge >= 0.3 is 5.69 Å². The van der Waals surface area contributed by atoms with E-state index in [4.69, 9.17) is 9.84 Å². The predicted molar refractivity (Wildman–Crippen MR) is 162 cm³/mol. The zero-order valence-electron chi connectivity index (χ0n) is 23.5. The number of rotatable bonds is 9. The molecule has 0 amide bonds. The SMILES string of the molecule is CC(C)NCC(O)COc1cccc2[nH]ccc12.O=[N+]([O-])c1ccc(O)c([N+](=O)[O-])c1.c1ccc(-c2ccccn2)nc1. The number of nitrogens with zero attached hydrogens (tertiary/aromatic N) is 4. The van der Waals surface area contributed by atoms with E-state index in [1.165, 1.54) is 0 Å². The van der Waals surface area contributed by atoms with E-state index < -0.39 is 33.1 Å². The molecule has 0 spiro atoms. The first-order chi connectivity index (χ1) is 20.7. The molecule has 1 atom stereocenters. The number of H-pyrrole nitrogens is 1. The van der Waals surface area contributed by atoms with Crippen LogP contribution in [0.2, 0.25) is 0 Å². The summed E-state index contributed by atoms with van der Waals surface area (Å²) in [6.07, 6.45) is 4.92. The molecule has 224 valence electrons. The molecule has 4 N–H and O–H groups in total. The number of phenolic OH excluding ortho intramolecular Hbond substituents is 1. The zero-order chi connectivity index (χ0) is 31.2. The van der Waals surface area contributed by atoms with Crippen molar-refractivity contribution in [3.05, 3.63) is 118 Å². The Morgan fingerprint density at radius 3 is 2.14 bits per heavy atom. The van der Waals surface area contributed by atoms with Crippen molar-refractivity contribution < 1.29 is 24.8 Å². The molecule has 2 aromatic carbocycles. The number of aromatic nitrogens is 3. The second-order valence-corrected chi connectivity index (χ2v) is 9.34. The number of aliphatic hydroxyl groups excluding tert-OH is 1. The molecule has 3 heterocycles. The standard InChI is InChI=1S/C14H20N2O2.C10H8N2.C6H4N2O5/c1-10(2)16-8-11(17)9-18-14-5-3-4-13-12(14)6-7-15-13;1-3-7-11-9(5-1)10-6-2-4-8-12-10;9-6-2-1-4(7(10)11)3-5(6)8(12)13/h3-7,10-11,15-17H,8-9H2,1-2H3;1-8H;1-3,9H. The van der Waals surface area contributed by atoms with E-state index in [2.05, 4.69) is 20.3 Å². The number of aromatic amines is 1. The second kappa shape index (κ2) is 16.1. The number of non-ortho nitro benzene ring substituents is 1. The molecule has 43 heavy (non-hydrogen) atoms. The van der Waals surface area contributed by atoms with Gasteiger partial charge in [-0.2, -0.15) is 0 Å². The van der Waals surface area contributed by atoms with Gasteiger partial charge in [0.25, 0.3) is 5.69 Å². The van der Waals surface area contributed by atoms with Gasteiger partial charge in [-0.25, -0.2) is 0 Å². The van der Waals surface area contributed by atoms with Crippen molar-refractivity contribution in [2.75, 3.05) is 13.2 Å². The van der Waals surface area contributed by atoms with Crippen LogP contribution in [-0.4, -0.2) is 60.3 Å². The van der Waals surface area contributed by atoms with E-state index in [-0.39, 0.29) is 0 Å². The number of benzene rings is 2. The first-order valence-electron chi connectivity index (χ1n) is 13.2. The van der Waals surface area contributed by atoms with Crippen LogP contribution in [0.25, 0.3) is 22.3 Å². The van der Waals surface area contributed by atoms with Crippen molar-refractivity contribution in [3.63, 3.8) is 0 Å². The number of pyridine rings is 2. The number of nitro groups is 2. The molecular weight excluding hydrogens is 556 g/mol. The van der Waals surface area contributed by atoms with Gasteiger partial charge in [0.1, 0.15) is 18.5 Å². The maximum Gasteiger partial charge on any atom is 0.317 e. The fraction of sp³-hybridized carbons (Fsp3) is 0.200. The number of hydrogen-bond acceptors (Lipinski definition) is 10. The van der Waals surface area contributed by atoms with Crippen LogP contribution in [0.3, 0.4) is 0 Å². The third-order valence-electron chi connectivity index (χ3n) is 5.71. The molecule has 0 aliphatic heterocycles. The van der Waals surface area contributed by atoms with Crippen molar-refractivity contribution >= 4 is 22.3 Å². The lowest BCUT2D eigenvalue weighted by atomic mass is 10.2. The number of nitro benzene ring substituents is 2. The summed E-state index contributed by atoms with van der Waals surface area (Å²) in [6, 6.07) is 22.4. The van der Waals surface area contributed by atoms with Crippen LogP contribution < -0.4 is 10.1 Å². The van der Waals surface area contributed by atoms with E-state index in [1.54, 1.807) is 12.4 Å². The van der Waals surface area contributed by atoms with Crippen LogP contribution in [0.15, 0.2) is 97.5 Å². The molecule has 5 aromatic rings. The highest BCUT2D eigenvalue weighted by Gasteiger charge is 2.18. The summed E-state index contributed by atoms with van der Waals surface area (Å²) in [5, 5.41) is 43.3. The number of aliphatic hydroxyl groups is 1. The monoisotopic (exact) mass is 588 g/mol. The van der Waals surface area contributed by atoms with Gasteiger partial charge in [0.05, 0.1) is 27.3 Å². The number of nitrogens with one attached hydrogen (secondary N) is 2. The molecule has 0 fully saturated rings. The minimum atomic E-state index is -0.887. The Morgan fingerprint density at radius 1 is 0.907 bits per heavy atom. The zero-order valence-corrected chi connectivity index (χ0v) is 23.5. The molecule has 0 saturated heterocycles. The van der Waals surface area contributed by atoms with E-state index in [0.29, 0.717) is 25.3 Å². The maximum absolute atomic E-state index is 10.2. The van der Waals surface area contributed by atoms with E-state index in [9.17, 15) is 25.3 Å².